The standard InChI is InChI=1S/C10H12N4O4/c1-10(4-12-9(18)14-7(10)16)2-5-3-11-8(17)13-6(5)15/h3H,2,4H2,1H3,(H2,11,13,15,17)(H2,12,14,16,18). The second-order valence-electron chi connectivity index (χ2n) is 4.47. The van der Waals surface area contributed by atoms with E-state index in [-0.39, 0.29) is 18.5 Å². The molecular formula is C10H12N4O4. The van der Waals surface area contributed by atoms with E-state index < -0.39 is 28.6 Å². The van der Waals surface area contributed by atoms with Gasteiger partial charge in [0.05, 0.1) is 5.41 Å². The molecule has 4 N–H and O–H groups in total. The molecule has 1 aromatic rings. The lowest BCUT2D eigenvalue weighted by Crippen LogP contribution is -2.58. The van der Waals surface area contributed by atoms with E-state index in [1.165, 1.54) is 6.20 Å². The van der Waals surface area contributed by atoms with Crippen molar-refractivity contribution in [3.63, 3.8) is 0 Å². The molecule has 0 aromatic carbocycles. The van der Waals surface area contributed by atoms with Crippen LogP contribution in [0.25, 0.3) is 0 Å². The van der Waals surface area contributed by atoms with Crippen LogP contribution in [0, 0.1) is 5.41 Å². The number of carbonyl (C=O) groups is 2. The minimum atomic E-state index is -0.918. The molecule has 2 heterocycles. The Morgan fingerprint density at radius 2 is 2.00 bits per heavy atom. The third-order valence-corrected chi connectivity index (χ3v) is 2.89. The number of carbonyl (C=O) groups excluding carboxylic acids is 2. The lowest BCUT2D eigenvalue weighted by atomic mass is 9.82. The van der Waals surface area contributed by atoms with Crippen molar-refractivity contribution in [3.05, 3.63) is 32.6 Å². The van der Waals surface area contributed by atoms with Gasteiger partial charge in [0, 0.05) is 18.3 Å². The molecule has 1 unspecified atom stereocenters. The molecule has 1 aromatic heterocycles. The third-order valence-electron chi connectivity index (χ3n) is 2.89. The van der Waals surface area contributed by atoms with Gasteiger partial charge in [0.1, 0.15) is 0 Å². The Labute approximate surface area is 101 Å². The molecule has 1 aliphatic rings. The first-order valence-corrected chi connectivity index (χ1v) is 5.31. The van der Waals surface area contributed by atoms with E-state index in [4.69, 9.17) is 0 Å². The van der Waals surface area contributed by atoms with Gasteiger partial charge in [-0.15, -0.1) is 0 Å². The molecule has 0 spiro atoms. The highest BCUT2D eigenvalue weighted by Gasteiger charge is 2.39. The molecule has 0 saturated carbocycles. The van der Waals surface area contributed by atoms with Crippen LogP contribution in [0.15, 0.2) is 15.8 Å². The van der Waals surface area contributed by atoms with Crippen molar-refractivity contribution in [2.24, 2.45) is 5.41 Å². The topological polar surface area (TPSA) is 124 Å². The number of rotatable bonds is 2. The predicted octanol–water partition coefficient (Wildman–Crippen LogP) is -1.55. The van der Waals surface area contributed by atoms with Crippen LogP contribution in [0.1, 0.15) is 12.5 Å². The number of nitrogens with one attached hydrogen (secondary N) is 4. The summed E-state index contributed by atoms with van der Waals surface area (Å²) in [5.74, 6) is -0.447. The molecule has 1 aliphatic heterocycles. The highest BCUT2D eigenvalue weighted by Crippen LogP contribution is 2.22. The Bertz CT molecular complexity index is 617. The zero-order valence-electron chi connectivity index (χ0n) is 9.62. The molecule has 96 valence electrons. The van der Waals surface area contributed by atoms with Crippen molar-refractivity contribution in [2.45, 2.75) is 13.3 Å². The molecular weight excluding hydrogens is 240 g/mol. The summed E-state index contributed by atoms with van der Waals surface area (Å²) < 4.78 is 0. The van der Waals surface area contributed by atoms with Gasteiger partial charge < -0.3 is 10.3 Å². The molecule has 0 radical (unpaired) electrons. The second-order valence-corrected chi connectivity index (χ2v) is 4.47. The summed E-state index contributed by atoms with van der Waals surface area (Å²) >= 11 is 0. The Morgan fingerprint density at radius 3 is 2.61 bits per heavy atom. The monoisotopic (exact) mass is 252 g/mol. The Balaban J connectivity index is 2.27. The first-order valence-electron chi connectivity index (χ1n) is 5.31. The van der Waals surface area contributed by atoms with E-state index in [0.29, 0.717) is 0 Å². The molecule has 18 heavy (non-hydrogen) atoms. The van der Waals surface area contributed by atoms with E-state index >= 15 is 0 Å². The van der Waals surface area contributed by atoms with Gasteiger partial charge in [0.25, 0.3) is 5.56 Å². The zero-order valence-corrected chi connectivity index (χ0v) is 9.62. The maximum atomic E-state index is 11.8. The van der Waals surface area contributed by atoms with E-state index in [1.807, 2.05) is 0 Å². The van der Waals surface area contributed by atoms with Crippen molar-refractivity contribution in [3.8, 4) is 0 Å². The van der Waals surface area contributed by atoms with E-state index in [2.05, 4.69) is 20.6 Å². The summed E-state index contributed by atoms with van der Waals surface area (Å²) in [5.41, 5.74) is -1.78. The number of hydrogen-bond donors (Lipinski definition) is 4. The normalized spacial score (nSPS) is 23.4. The van der Waals surface area contributed by atoms with Crippen LogP contribution < -0.4 is 21.9 Å². The van der Waals surface area contributed by atoms with Gasteiger partial charge in [-0.05, 0) is 13.3 Å². The van der Waals surface area contributed by atoms with Gasteiger partial charge >= 0.3 is 11.7 Å². The minimum absolute atomic E-state index is 0.116. The maximum absolute atomic E-state index is 11.8. The van der Waals surface area contributed by atoms with Crippen LogP contribution in [-0.4, -0.2) is 28.5 Å². The summed E-state index contributed by atoms with van der Waals surface area (Å²) in [4.78, 5) is 49.6. The van der Waals surface area contributed by atoms with Crippen LogP contribution in [-0.2, 0) is 11.2 Å². The zero-order chi connectivity index (χ0) is 13.3. The Kier molecular flexibility index (Phi) is 2.77. The van der Waals surface area contributed by atoms with Gasteiger partial charge in [-0.25, -0.2) is 9.59 Å². The van der Waals surface area contributed by atoms with Gasteiger partial charge in [-0.2, -0.15) is 0 Å². The number of urea groups is 1. The van der Waals surface area contributed by atoms with Gasteiger partial charge in [-0.3, -0.25) is 19.9 Å². The molecule has 0 aliphatic carbocycles. The van der Waals surface area contributed by atoms with Gasteiger partial charge in [0.2, 0.25) is 5.91 Å². The summed E-state index contributed by atoms with van der Waals surface area (Å²) in [6.07, 6.45) is 1.39. The van der Waals surface area contributed by atoms with Gasteiger partial charge in [0.15, 0.2) is 0 Å². The van der Waals surface area contributed by atoms with Crippen LogP contribution in [0.4, 0.5) is 4.79 Å². The van der Waals surface area contributed by atoms with Crippen molar-refractivity contribution in [1.82, 2.24) is 20.6 Å². The molecule has 3 amide bonds. The SMILES string of the molecule is CC1(Cc2c[nH]c(=O)[nH]c2=O)CNC(=O)NC1=O. The van der Waals surface area contributed by atoms with Crippen LogP contribution in [0.5, 0.6) is 0 Å². The Hall–Kier alpha value is -2.38. The summed E-state index contributed by atoms with van der Waals surface area (Å²) in [7, 11) is 0. The van der Waals surface area contributed by atoms with Crippen LogP contribution >= 0.6 is 0 Å². The summed E-state index contributed by atoms with van der Waals surface area (Å²) in [6, 6.07) is -0.548. The first kappa shape index (κ1) is 12.1. The van der Waals surface area contributed by atoms with Gasteiger partial charge in [-0.1, -0.05) is 0 Å². The minimum Gasteiger partial charge on any atom is -0.337 e. The fourth-order valence-electron chi connectivity index (χ4n) is 1.79. The Morgan fingerprint density at radius 1 is 1.28 bits per heavy atom. The third kappa shape index (κ3) is 2.17. The number of imide groups is 1. The summed E-state index contributed by atoms with van der Waals surface area (Å²) in [6.45, 7) is 1.77. The molecule has 1 saturated heterocycles. The van der Waals surface area contributed by atoms with Crippen molar-refractivity contribution in [1.29, 1.82) is 0 Å². The second kappa shape index (κ2) is 4.13. The number of hydrogen-bond acceptors (Lipinski definition) is 4. The highest BCUT2D eigenvalue weighted by atomic mass is 16.2. The highest BCUT2D eigenvalue weighted by molar-refractivity contribution is 5.99. The lowest BCUT2D eigenvalue weighted by Gasteiger charge is -2.31. The maximum Gasteiger partial charge on any atom is 0.325 e. The van der Waals surface area contributed by atoms with Crippen molar-refractivity contribution < 1.29 is 9.59 Å². The number of aromatic nitrogens is 2. The quantitative estimate of drug-likeness (QED) is 0.508. The van der Waals surface area contributed by atoms with E-state index in [0.717, 1.165) is 0 Å². The molecule has 8 heteroatoms. The summed E-state index contributed by atoms with van der Waals surface area (Å²) in [5, 5.41) is 4.65. The first-order chi connectivity index (χ1) is 8.40. The molecule has 1 atom stereocenters. The van der Waals surface area contributed by atoms with Crippen molar-refractivity contribution >= 4 is 11.9 Å². The average molecular weight is 252 g/mol. The van der Waals surface area contributed by atoms with E-state index in [1.54, 1.807) is 6.92 Å². The predicted molar refractivity (Wildman–Crippen MR) is 61.0 cm³/mol. The molecule has 1 fully saturated rings. The lowest BCUT2D eigenvalue weighted by molar-refractivity contribution is -0.129. The molecule has 2 rings (SSSR count). The fourth-order valence-corrected chi connectivity index (χ4v) is 1.79. The van der Waals surface area contributed by atoms with Crippen LogP contribution in [0.2, 0.25) is 0 Å². The van der Waals surface area contributed by atoms with Crippen molar-refractivity contribution in [2.75, 3.05) is 6.54 Å². The number of aromatic amines is 2. The average Bonchev–Trinajstić information content (AvgIpc) is 2.29. The number of amides is 3. The smallest absolute Gasteiger partial charge is 0.325 e. The van der Waals surface area contributed by atoms with Crippen LogP contribution in [0.3, 0.4) is 0 Å². The largest absolute Gasteiger partial charge is 0.337 e. The number of H-pyrrole nitrogens is 2. The molecule has 8 nitrogen and oxygen atoms in total. The molecule has 0 bridgehead atoms. The van der Waals surface area contributed by atoms with E-state index in [9.17, 15) is 19.2 Å². The fraction of sp³-hybridized carbons (Fsp3) is 0.400.